The van der Waals surface area contributed by atoms with Crippen molar-refractivity contribution in [3.8, 4) is 0 Å². The standard InChI is InChI=1S/C16H27N3O2/c1-16(2,3)21-15(20)19-10-5-7-14-12-13(6-4-9-17)8-11-18-14/h8,11-12H,4-7,9-10,17H2,1-3H3,(H,19,20). The molecule has 0 bridgehead atoms. The minimum absolute atomic E-state index is 0.368. The summed E-state index contributed by atoms with van der Waals surface area (Å²) in [7, 11) is 0. The number of carbonyl (C=O) groups is 1. The van der Waals surface area contributed by atoms with E-state index < -0.39 is 5.60 Å². The number of nitrogens with one attached hydrogen (secondary N) is 1. The lowest BCUT2D eigenvalue weighted by atomic mass is 10.1. The van der Waals surface area contributed by atoms with Gasteiger partial charge in [-0.2, -0.15) is 0 Å². The number of ether oxygens (including phenoxy) is 1. The van der Waals surface area contributed by atoms with Gasteiger partial charge in [0.1, 0.15) is 5.60 Å². The first-order valence-corrected chi connectivity index (χ1v) is 7.51. The number of amides is 1. The highest BCUT2D eigenvalue weighted by molar-refractivity contribution is 5.67. The molecule has 1 heterocycles. The minimum atomic E-state index is -0.455. The van der Waals surface area contributed by atoms with E-state index in [1.54, 1.807) is 0 Å². The molecule has 0 saturated heterocycles. The summed E-state index contributed by atoms with van der Waals surface area (Å²) in [5.74, 6) is 0. The van der Waals surface area contributed by atoms with Gasteiger partial charge in [0.05, 0.1) is 0 Å². The van der Waals surface area contributed by atoms with Crippen molar-refractivity contribution in [2.75, 3.05) is 13.1 Å². The lowest BCUT2D eigenvalue weighted by Gasteiger charge is -2.19. The van der Waals surface area contributed by atoms with Crippen molar-refractivity contribution in [2.24, 2.45) is 5.73 Å². The summed E-state index contributed by atoms with van der Waals surface area (Å²) in [6.07, 6.45) is 5.12. The molecule has 0 aromatic carbocycles. The summed E-state index contributed by atoms with van der Waals surface area (Å²) in [5, 5.41) is 2.75. The molecule has 0 fully saturated rings. The molecule has 1 aromatic rings. The molecule has 21 heavy (non-hydrogen) atoms. The second-order valence-electron chi connectivity index (χ2n) is 6.08. The fourth-order valence-electron chi connectivity index (χ4n) is 1.90. The number of rotatable bonds is 7. The van der Waals surface area contributed by atoms with E-state index in [-0.39, 0.29) is 6.09 Å². The van der Waals surface area contributed by atoms with Gasteiger partial charge < -0.3 is 15.8 Å². The maximum Gasteiger partial charge on any atom is 0.407 e. The van der Waals surface area contributed by atoms with E-state index in [0.717, 1.165) is 31.4 Å². The monoisotopic (exact) mass is 293 g/mol. The molecule has 0 aliphatic carbocycles. The maximum atomic E-state index is 11.5. The average molecular weight is 293 g/mol. The topological polar surface area (TPSA) is 77.2 Å². The molecule has 5 nitrogen and oxygen atoms in total. The average Bonchev–Trinajstić information content (AvgIpc) is 2.40. The number of alkyl carbamates (subject to hydrolysis) is 1. The molecule has 0 radical (unpaired) electrons. The number of carbonyl (C=O) groups excluding carboxylic acids is 1. The molecule has 1 aromatic heterocycles. The summed E-state index contributed by atoms with van der Waals surface area (Å²) >= 11 is 0. The van der Waals surface area contributed by atoms with E-state index in [2.05, 4.69) is 16.4 Å². The van der Waals surface area contributed by atoms with Crippen LogP contribution in [0.2, 0.25) is 0 Å². The zero-order valence-corrected chi connectivity index (χ0v) is 13.3. The molecule has 1 amide bonds. The number of nitrogens with zero attached hydrogens (tertiary/aromatic N) is 1. The Kier molecular flexibility index (Phi) is 7.15. The van der Waals surface area contributed by atoms with E-state index in [4.69, 9.17) is 10.5 Å². The zero-order chi connectivity index (χ0) is 15.7. The highest BCUT2D eigenvalue weighted by atomic mass is 16.6. The predicted octanol–water partition coefficient (Wildman–Crippen LogP) is 2.43. The predicted molar refractivity (Wildman–Crippen MR) is 84.2 cm³/mol. The van der Waals surface area contributed by atoms with E-state index in [1.165, 1.54) is 5.56 Å². The van der Waals surface area contributed by atoms with Gasteiger partial charge in [0.2, 0.25) is 0 Å². The second kappa shape index (κ2) is 8.62. The number of hydrogen-bond acceptors (Lipinski definition) is 4. The van der Waals surface area contributed by atoms with E-state index in [9.17, 15) is 4.79 Å². The molecule has 5 heteroatoms. The van der Waals surface area contributed by atoms with Gasteiger partial charge in [-0.1, -0.05) is 0 Å². The van der Waals surface area contributed by atoms with E-state index in [0.29, 0.717) is 13.1 Å². The SMILES string of the molecule is CC(C)(C)OC(=O)NCCCc1cc(CCCN)ccn1. The van der Waals surface area contributed by atoms with Crippen molar-refractivity contribution in [3.63, 3.8) is 0 Å². The molecule has 1 rings (SSSR count). The van der Waals surface area contributed by atoms with Gasteiger partial charge in [0.25, 0.3) is 0 Å². The van der Waals surface area contributed by atoms with E-state index in [1.807, 2.05) is 33.0 Å². The van der Waals surface area contributed by atoms with Crippen LogP contribution in [0.5, 0.6) is 0 Å². The van der Waals surface area contributed by atoms with Gasteiger partial charge in [0.15, 0.2) is 0 Å². The fraction of sp³-hybridized carbons (Fsp3) is 0.625. The van der Waals surface area contributed by atoms with Crippen LogP contribution in [-0.2, 0) is 17.6 Å². The lowest BCUT2D eigenvalue weighted by Crippen LogP contribution is -2.33. The Morgan fingerprint density at radius 2 is 2.10 bits per heavy atom. The Balaban J connectivity index is 2.28. The fourth-order valence-corrected chi connectivity index (χ4v) is 1.90. The van der Waals surface area contributed by atoms with Crippen molar-refractivity contribution in [1.82, 2.24) is 10.3 Å². The Morgan fingerprint density at radius 3 is 2.76 bits per heavy atom. The third kappa shape index (κ3) is 8.30. The first-order chi connectivity index (χ1) is 9.90. The van der Waals surface area contributed by atoms with Crippen LogP contribution in [0.15, 0.2) is 18.3 Å². The van der Waals surface area contributed by atoms with Gasteiger partial charge in [0, 0.05) is 18.4 Å². The second-order valence-corrected chi connectivity index (χ2v) is 6.08. The van der Waals surface area contributed by atoms with Crippen molar-refractivity contribution in [1.29, 1.82) is 0 Å². The van der Waals surface area contributed by atoms with Crippen LogP contribution in [-0.4, -0.2) is 29.8 Å². The van der Waals surface area contributed by atoms with Crippen LogP contribution in [0.1, 0.15) is 44.9 Å². The number of aromatic nitrogens is 1. The third-order valence-corrected chi connectivity index (χ3v) is 2.83. The molecule has 0 saturated carbocycles. The molecule has 0 aliphatic heterocycles. The number of pyridine rings is 1. The smallest absolute Gasteiger partial charge is 0.407 e. The molecular weight excluding hydrogens is 266 g/mol. The Hall–Kier alpha value is -1.62. The van der Waals surface area contributed by atoms with Gasteiger partial charge in [-0.3, -0.25) is 4.98 Å². The van der Waals surface area contributed by atoms with Crippen LogP contribution in [0.4, 0.5) is 4.79 Å². The quantitative estimate of drug-likeness (QED) is 0.757. The van der Waals surface area contributed by atoms with Crippen LogP contribution in [0, 0.1) is 0 Å². The number of aryl methyl sites for hydroxylation is 2. The molecule has 118 valence electrons. The molecule has 0 aliphatic rings. The summed E-state index contributed by atoms with van der Waals surface area (Å²) in [4.78, 5) is 15.8. The Labute approximate surface area is 127 Å². The highest BCUT2D eigenvalue weighted by Gasteiger charge is 2.15. The highest BCUT2D eigenvalue weighted by Crippen LogP contribution is 2.08. The molecule has 0 spiro atoms. The van der Waals surface area contributed by atoms with Crippen molar-refractivity contribution >= 4 is 6.09 Å². The first kappa shape index (κ1) is 17.4. The van der Waals surface area contributed by atoms with Gasteiger partial charge in [-0.15, -0.1) is 0 Å². The molecule has 0 unspecified atom stereocenters. The van der Waals surface area contributed by atoms with Crippen LogP contribution < -0.4 is 11.1 Å². The van der Waals surface area contributed by atoms with Gasteiger partial charge >= 0.3 is 6.09 Å². The normalized spacial score (nSPS) is 11.2. The van der Waals surface area contributed by atoms with E-state index >= 15 is 0 Å². The molecular formula is C16H27N3O2. The third-order valence-electron chi connectivity index (χ3n) is 2.83. The first-order valence-electron chi connectivity index (χ1n) is 7.51. The van der Waals surface area contributed by atoms with Crippen molar-refractivity contribution in [2.45, 2.75) is 52.1 Å². The largest absolute Gasteiger partial charge is 0.444 e. The van der Waals surface area contributed by atoms with Crippen molar-refractivity contribution in [3.05, 3.63) is 29.6 Å². The van der Waals surface area contributed by atoms with Gasteiger partial charge in [-0.05, 0) is 70.7 Å². The van der Waals surface area contributed by atoms with Crippen LogP contribution in [0.3, 0.4) is 0 Å². The summed E-state index contributed by atoms with van der Waals surface area (Å²) in [5.41, 5.74) is 7.38. The maximum absolute atomic E-state index is 11.5. The summed E-state index contributed by atoms with van der Waals surface area (Å²) in [6.45, 7) is 6.84. The Morgan fingerprint density at radius 1 is 1.33 bits per heavy atom. The van der Waals surface area contributed by atoms with Gasteiger partial charge in [-0.25, -0.2) is 4.79 Å². The zero-order valence-electron chi connectivity index (χ0n) is 13.3. The molecule has 0 atom stereocenters. The number of hydrogen-bond donors (Lipinski definition) is 2. The Bertz CT molecular complexity index is 441. The summed E-state index contributed by atoms with van der Waals surface area (Å²) in [6, 6.07) is 4.14. The van der Waals surface area contributed by atoms with Crippen LogP contribution >= 0.6 is 0 Å². The number of nitrogens with two attached hydrogens (primary N) is 1. The molecule has 3 N–H and O–H groups in total. The lowest BCUT2D eigenvalue weighted by molar-refractivity contribution is 0.0527. The van der Waals surface area contributed by atoms with Crippen molar-refractivity contribution < 1.29 is 9.53 Å². The van der Waals surface area contributed by atoms with Crippen LogP contribution in [0.25, 0.3) is 0 Å². The summed E-state index contributed by atoms with van der Waals surface area (Å²) < 4.78 is 5.18. The minimum Gasteiger partial charge on any atom is -0.444 e.